The Bertz CT molecular complexity index is 409. The van der Waals surface area contributed by atoms with E-state index in [1.807, 2.05) is 30.3 Å². The van der Waals surface area contributed by atoms with Gasteiger partial charge in [-0.2, -0.15) is 0 Å². The van der Waals surface area contributed by atoms with Gasteiger partial charge in [0.25, 0.3) is 0 Å². The van der Waals surface area contributed by atoms with Crippen LogP contribution in [0.3, 0.4) is 0 Å². The average Bonchev–Trinajstić information content (AvgIpc) is 2.82. The van der Waals surface area contributed by atoms with Crippen LogP contribution in [-0.2, 0) is 9.47 Å². The average molecular weight is 220 g/mol. The van der Waals surface area contributed by atoms with Gasteiger partial charge in [-0.1, -0.05) is 30.3 Å². The maximum atomic E-state index is 11.1. The minimum absolute atomic E-state index is 0.0460. The number of benzene rings is 1. The largest absolute Gasteiger partial charge is 0.426 e. The molecule has 0 spiro atoms. The van der Waals surface area contributed by atoms with E-state index >= 15 is 0 Å². The molecule has 0 unspecified atom stereocenters. The van der Waals surface area contributed by atoms with E-state index in [2.05, 4.69) is 0 Å². The number of fused-ring (bicyclic) bond motifs is 1. The second kappa shape index (κ2) is 3.47. The Kier molecular flexibility index (Phi) is 2.08. The molecule has 5 heteroatoms. The Hall–Kier alpha value is -1.59. The molecule has 0 aliphatic carbocycles. The molecule has 5 nitrogen and oxygen atoms in total. The molecule has 16 heavy (non-hydrogen) atoms. The normalized spacial score (nSPS) is 32.7. The molecule has 3 atom stereocenters. The van der Waals surface area contributed by atoms with Crippen molar-refractivity contribution in [1.29, 1.82) is 0 Å². The number of hydrogen-bond donors (Lipinski definition) is 1. The maximum Gasteiger partial charge on any atom is 0.426 e. The van der Waals surface area contributed by atoms with Crippen LogP contribution >= 0.6 is 0 Å². The van der Waals surface area contributed by atoms with Gasteiger partial charge in [-0.3, -0.25) is 0 Å². The van der Waals surface area contributed by atoms with Crippen LogP contribution in [0.15, 0.2) is 30.3 Å². The topological polar surface area (TPSA) is 64.8 Å². The highest BCUT2D eigenvalue weighted by Gasteiger charge is 2.48. The highest BCUT2D eigenvalue weighted by Crippen LogP contribution is 2.38. The Morgan fingerprint density at radius 2 is 2.06 bits per heavy atom. The summed E-state index contributed by atoms with van der Waals surface area (Å²) in [6.45, 7) is 0. The van der Waals surface area contributed by atoms with Crippen molar-refractivity contribution in [3.8, 4) is 0 Å². The van der Waals surface area contributed by atoms with E-state index in [-0.39, 0.29) is 12.1 Å². The van der Waals surface area contributed by atoms with Gasteiger partial charge in [0.05, 0.1) is 6.10 Å². The van der Waals surface area contributed by atoms with Crippen molar-refractivity contribution in [2.24, 2.45) is 5.84 Å². The summed E-state index contributed by atoms with van der Waals surface area (Å²) in [7, 11) is 0. The van der Waals surface area contributed by atoms with E-state index < -0.39 is 12.4 Å². The number of ether oxygens (including phenoxy) is 2. The minimum atomic E-state index is -0.525. The summed E-state index contributed by atoms with van der Waals surface area (Å²) in [5.41, 5.74) is 1.08. The summed E-state index contributed by atoms with van der Waals surface area (Å²) in [6, 6.07) is 9.69. The van der Waals surface area contributed by atoms with E-state index in [1.165, 1.54) is 0 Å². The zero-order valence-electron chi connectivity index (χ0n) is 8.58. The predicted octanol–water partition coefficient (Wildman–Crippen LogP) is 1.17. The van der Waals surface area contributed by atoms with Gasteiger partial charge in [-0.15, -0.1) is 0 Å². The molecule has 0 radical (unpaired) electrons. The van der Waals surface area contributed by atoms with Gasteiger partial charge < -0.3 is 9.47 Å². The van der Waals surface area contributed by atoms with E-state index in [1.54, 1.807) is 0 Å². The highest BCUT2D eigenvalue weighted by molar-refractivity contribution is 5.69. The van der Waals surface area contributed by atoms with Crippen molar-refractivity contribution >= 4 is 6.09 Å². The van der Waals surface area contributed by atoms with Gasteiger partial charge >= 0.3 is 6.09 Å². The van der Waals surface area contributed by atoms with Gasteiger partial charge in [0.1, 0.15) is 6.04 Å². The Labute approximate surface area is 92.7 Å². The molecule has 2 N–H and O–H groups in total. The van der Waals surface area contributed by atoms with Crippen LogP contribution in [-0.4, -0.2) is 23.4 Å². The fourth-order valence-electron chi connectivity index (χ4n) is 2.17. The maximum absolute atomic E-state index is 11.1. The van der Waals surface area contributed by atoms with Crippen molar-refractivity contribution in [2.75, 3.05) is 0 Å². The lowest BCUT2D eigenvalue weighted by atomic mass is 10.0. The fraction of sp³-hybridized carbons (Fsp3) is 0.364. The number of carbonyl (C=O) groups excluding carboxylic acids is 1. The van der Waals surface area contributed by atoms with Crippen LogP contribution in [0.2, 0.25) is 0 Å². The number of carbonyl (C=O) groups is 1. The van der Waals surface area contributed by atoms with Crippen LogP contribution in [0, 0.1) is 0 Å². The third-order valence-corrected chi connectivity index (χ3v) is 3.02. The van der Waals surface area contributed by atoms with Crippen molar-refractivity contribution in [1.82, 2.24) is 5.01 Å². The Balaban J connectivity index is 1.78. The molecule has 1 aromatic rings. The number of rotatable bonds is 1. The first-order chi connectivity index (χ1) is 7.75. The lowest BCUT2D eigenvalue weighted by Gasteiger charge is -2.13. The molecule has 1 amide bonds. The van der Waals surface area contributed by atoms with Crippen LogP contribution in [0.1, 0.15) is 18.1 Å². The Morgan fingerprint density at radius 1 is 1.31 bits per heavy atom. The summed E-state index contributed by atoms with van der Waals surface area (Å²) in [5, 5.41) is 1.12. The van der Waals surface area contributed by atoms with Crippen LogP contribution in [0.5, 0.6) is 0 Å². The highest BCUT2D eigenvalue weighted by atomic mass is 16.7. The molecule has 2 aliphatic rings. The van der Waals surface area contributed by atoms with Crippen LogP contribution in [0.4, 0.5) is 4.79 Å². The van der Waals surface area contributed by atoms with Gasteiger partial charge in [-0.05, 0) is 5.56 Å². The second-order valence-electron chi connectivity index (χ2n) is 4.00. The van der Waals surface area contributed by atoms with Crippen molar-refractivity contribution in [2.45, 2.75) is 24.9 Å². The quantitative estimate of drug-likeness (QED) is 0.570. The third kappa shape index (κ3) is 1.36. The first-order valence-corrected chi connectivity index (χ1v) is 5.20. The second-order valence-corrected chi connectivity index (χ2v) is 4.00. The van der Waals surface area contributed by atoms with Gasteiger partial charge in [-0.25, -0.2) is 15.6 Å². The molecule has 2 fully saturated rings. The van der Waals surface area contributed by atoms with E-state index in [9.17, 15) is 4.79 Å². The molecule has 2 heterocycles. The van der Waals surface area contributed by atoms with E-state index in [0.29, 0.717) is 6.42 Å². The molecule has 2 aliphatic heterocycles. The lowest BCUT2D eigenvalue weighted by Crippen LogP contribution is -2.39. The molecule has 1 aromatic carbocycles. The van der Waals surface area contributed by atoms with Gasteiger partial charge in [0, 0.05) is 6.42 Å². The SMILES string of the molecule is NN1C(=O)O[C@H]2O[C@H](c3ccccc3)C[C@H]21. The summed E-state index contributed by atoms with van der Waals surface area (Å²) < 4.78 is 10.6. The first kappa shape index (κ1) is 9.62. The minimum Gasteiger partial charge on any atom is -0.416 e. The predicted molar refractivity (Wildman–Crippen MR) is 55.0 cm³/mol. The lowest BCUT2D eigenvalue weighted by molar-refractivity contribution is -0.0833. The van der Waals surface area contributed by atoms with E-state index in [0.717, 1.165) is 10.6 Å². The number of nitrogens with two attached hydrogens (primary N) is 1. The van der Waals surface area contributed by atoms with Crippen LogP contribution < -0.4 is 5.84 Å². The molecule has 0 bridgehead atoms. The molecule has 0 aromatic heterocycles. The van der Waals surface area contributed by atoms with Crippen molar-refractivity contribution in [3.63, 3.8) is 0 Å². The number of amides is 1. The summed E-state index contributed by atoms with van der Waals surface area (Å²) in [4.78, 5) is 11.1. The smallest absolute Gasteiger partial charge is 0.416 e. The molecule has 3 rings (SSSR count). The van der Waals surface area contributed by atoms with E-state index in [4.69, 9.17) is 15.3 Å². The molecular weight excluding hydrogens is 208 g/mol. The molecule has 2 saturated heterocycles. The fourth-order valence-corrected chi connectivity index (χ4v) is 2.17. The Morgan fingerprint density at radius 3 is 2.75 bits per heavy atom. The standard InChI is InChI=1S/C11H12N2O3/c12-13-8-6-9(7-4-2-1-3-5-7)15-10(8)16-11(13)14/h1-5,8-10H,6,12H2/t8-,9+,10-/m1/s1. The number of nitrogens with zero attached hydrogens (tertiary/aromatic N) is 1. The zero-order chi connectivity index (χ0) is 11.1. The summed E-state index contributed by atoms with van der Waals surface area (Å²) >= 11 is 0. The molecular formula is C11H12N2O3. The van der Waals surface area contributed by atoms with Crippen LogP contribution in [0.25, 0.3) is 0 Å². The summed E-state index contributed by atoms with van der Waals surface area (Å²) in [6.07, 6.45) is -0.406. The third-order valence-electron chi connectivity index (χ3n) is 3.02. The number of hydrazine groups is 1. The number of hydrogen-bond acceptors (Lipinski definition) is 4. The van der Waals surface area contributed by atoms with Gasteiger partial charge in [0.2, 0.25) is 6.29 Å². The first-order valence-electron chi connectivity index (χ1n) is 5.20. The van der Waals surface area contributed by atoms with Gasteiger partial charge in [0.15, 0.2) is 0 Å². The molecule has 84 valence electrons. The monoisotopic (exact) mass is 220 g/mol. The summed E-state index contributed by atoms with van der Waals surface area (Å²) in [5.74, 6) is 5.58. The zero-order valence-corrected chi connectivity index (χ0v) is 8.58. The molecule has 0 saturated carbocycles. The van der Waals surface area contributed by atoms with Crippen molar-refractivity contribution < 1.29 is 14.3 Å². The van der Waals surface area contributed by atoms with Crippen molar-refractivity contribution in [3.05, 3.63) is 35.9 Å².